The topological polar surface area (TPSA) is 102 Å². The van der Waals surface area contributed by atoms with Crippen molar-refractivity contribution in [1.29, 1.82) is 0 Å². The molecule has 0 saturated carbocycles. The molecule has 0 atom stereocenters. The van der Waals surface area contributed by atoms with Crippen LogP contribution in [0.1, 0.15) is 11.3 Å². The lowest BCUT2D eigenvalue weighted by Gasteiger charge is -2.10. The normalized spacial score (nSPS) is 11.0. The van der Waals surface area contributed by atoms with Gasteiger partial charge in [-0.25, -0.2) is 15.0 Å². The van der Waals surface area contributed by atoms with Gasteiger partial charge in [0.25, 0.3) is 0 Å². The monoisotopic (exact) mass is 363 g/mol. The van der Waals surface area contributed by atoms with E-state index < -0.39 is 0 Å². The minimum Gasteiger partial charge on any atom is -0.464 e. The van der Waals surface area contributed by atoms with E-state index in [-0.39, 0.29) is 19.0 Å². The van der Waals surface area contributed by atoms with Gasteiger partial charge < -0.3 is 15.8 Å². The lowest BCUT2D eigenvalue weighted by Crippen LogP contribution is -2.16. The molecule has 0 fully saturated rings. The van der Waals surface area contributed by atoms with Crippen LogP contribution in [0.25, 0.3) is 10.8 Å². The number of aryl methyl sites for hydroxylation is 1. The first kappa shape index (κ1) is 18.3. The molecule has 0 radical (unpaired) electrons. The molecule has 1 heterocycles. The van der Waals surface area contributed by atoms with Crippen molar-refractivity contribution in [3.63, 3.8) is 0 Å². The number of aromatic nitrogens is 2. The first-order valence-electron chi connectivity index (χ1n) is 8.61. The van der Waals surface area contributed by atoms with E-state index >= 15 is 0 Å². The second-order valence-corrected chi connectivity index (χ2v) is 5.90. The first-order chi connectivity index (χ1) is 13.2. The highest BCUT2D eigenvalue weighted by molar-refractivity contribution is 5.89. The molecule has 3 rings (SSSR count). The molecular formula is C20H21N5O2. The van der Waals surface area contributed by atoms with Crippen LogP contribution in [-0.2, 0) is 16.0 Å². The van der Waals surface area contributed by atoms with Gasteiger partial charge in [-0.1, -0.05) is 42.5 Å². The summed E-state index contributed by atoms with van der Waals surface area (Å²) in [6, 6.07) is 13.9. The molecule has 0 aliphatic carbocycles. The van der Waals surface area contributed by atoms with Crippen LogP contribution in [0.15, 0.2) is 53.8 Å². The van der Waals surface area contributed by atoms with Crippen molar-refractivity contribution >= 4 is 34.6 Å². The molecule has 0 saturated heterocycles. The fourth-order valence-electron chi connectivity index (χ4n) is 2.81. The van der Waals surface area contributed by atoms with E-state index in [1.165, 1.54) is 12.7 Å². The summed E-state index contributed by atoms with van der Waals surface area (Å²) in [6.45, 7) is 2.45. The van der Waals surface area contributed by atoms with Gasteiger partial charge in [0.15, 0.2) is 5.82 Å². The Morgan fingerprint density at radius 3 is 2.89 bits per heavy atom. The number of hydrogen-bond donors (Lipinski definition) is 2. The van der Waals surface area contributed by atoms with Crippen molar-refractivity contribution in [3.8, 4) is 0 Å². The fourth-order valence-corrected chi connectivity index (χ4v) is 2.81. The zero-order chi connectivity index (χ0) is 19.1. The number of fused-ring (bicyclic) bond motifs is 1. The number of esters is 1. The molecule has 0 unspecified atom stereocenters. The van der Waals surface area contributed by atoms with Gasteiger partial charge in [-0.3, -0.25) is 4.79 Å². The number of carbonyl (C=O) groups excluding carboxylic acids is 1. The Balaban J connectivity index is 1.54. The Morgan fingerprint density at radius 1 is 1.22 bits per heavy atom. The summed E-state index contributed by atoms with van der Waals surface area (Å²) in [4.78, 5) is 24.5. The van der Waals surface area contributed by atoms with E-state index in [1.54, 1.807) is 0 Å². The van der Waals surface area contributed by atoms with Crippen LogP contribution in [0.2, 0.25) is 0 Å². The van der Waals surface area contributed by atoms with Crippen molar-refractivity contribution in [3.05, 3.63) is 60.0 Å². The average molecular weight is 363 g/mol. The van der Waals surface area contributed by atoms with Crippen molar-refractivity contribution in [2.45, 2.75) is 13.3 Å². The van der Waals surface area contributed by atoms with E-state index in [0.717, 1.165) is 16.3 Å². The fraction of sp³-hybridized carbons (Fsp3) is 0.200. The average Bonchev–Trinajstić information content (AvgIpc) is 2.68. The van der Waals surface area contributed by atoms with E-state index in [4.69, 9.17) is 10.5 Å². The van der Waals surface area contributed by atoms with Gasteiger partial charge in [-0.15, -0.1) is 0 Å². The second-order valence-electron chi connectivity index (χ2n) is 5.90. The van der Waals surface area contributed by atoms with Gasteiger partial charge in [-0.05, 0) is 23.3 Å². The molecule has 7 nitrogen and oxygen atoms in total. The highest BCUT2D eigenvalue weighted by Crippen LogP contribution is 2.24. The van der Waals surface area contributed by atoms with Crippen molar-refractivity contribution in [2.24, 2.45) is 10.7 Å². The third-order valence-corrected chi connectivity index (χ3v) is 4.08. The van der Waals surface area contributed by atoms with E-state index in [9.17, 15) is 4.79 Å². The van der Waals surface area contributed by atoms with Gasteiger partial charge in [0.2, 0.25) is 0 Å². The molecule has 2 aromatic carbocycles. The number of rotatable bonds is 7. The minimum absolute atomic E-state index is 0.221. The summed E-state index contributed by atoms with van der Waals surface area (Å²) in [5, 5.41) is 5.26. The van der Waals surface area contributed by atoms with Crippen molar-refractivity contribution in [2.75, 3.05) is 18.5 Å². The molecule has 0 aliphatic heterocycles. The van der Waals surface area contributed by atoms with E-state index in [1.807, 2.05) is 49.4 Å². The molecule has 1 aromatic heterocycles. The maximum Gasteiger partial charge on any atom is 0.310 e. The Labute approximate surface area is 157 Å². The predicted molar refractivity (Wildman–Crippen MR) is 106 cm³/mol. The zero-order valence-electron chi connectivity index (χ0n) is 15.1. The van der Waals surface area contributed by atoms with Crippen LogP contribution < -0.4 is 11.1 Å². The number of anilines is 1. The highest BCUT2D eigenvalue weighted by atomic mass is 16.5. The summed E-state index contributed by atoms with van der Waals surface area (Å²) in [5.41, 5.74) is 7.60. The Hall–Kier alpha value is -3.48. The SMILES string of the molecule is Cc1ncnc(NCCOC(=O)Cc2cccc3ccccc23)c1N=CN. The summed E-state index contributed by atoms with van der Waals surface area (Å²) >= 11 is 0. The number of nitrogens with two attached hydrogens (primary N) is 1. The highest BCUT2D eigenvalue weighted by Gasteiger charge is 2.09. The Morgan fingerprint density at radius 2 is 2.04 bits per heavy atom. The zero-order valence-corrected chi connectivity index (χ0v) is 15.1. The summed E-state index contributed by atoms with van der Waals surface area (Å²) in [5.74, 6) is 0.279. The lowest BCUT2D eigenvalue weighted by atomic mass is 10.0. The number of carbonyl (C=O) groups is 1. The smallest absolute Gasteiger partial charge is 0.310 e. The van der Waals surface area contributed by atoms with Gasteiger partial charge in [0.1, 0.15) is 18.6 Å². The third-order valence-electron chi connectivity index (χ3n) is 4.08. The Bertz CT molecular complexity index is 966. The van der Waals surface area contributed by atoms with Crippen molar-refractivity contribution in [1.82, 2.24) is 9.97 Å². The second kappa shape index (κ2) is 8.75. The van der Waals surface area contributed by atoms with Crippen LogP contribution >= 0.6 is 0 Å². The molecule has 3 N–H and O–H groups in total. The Kier molecular flexibility index (Phi) is 5.94. The molecule has 138 valence electrons. The maximum atomic E-state index is 12.2. The number of ether oxygens (including phenoxy) is 1. The van der Waals surface area contributed by atoms with Gasteiger partial charge in [0, 0.05) is 0 Å². The molecule has 0 bridgehead atoms. The molecule has 0 amide bonds. The number of benzene rings is 2. The number of nitrogens with zero attached hydrogens (tertiary/aromatic N) is 3. The quantitative estimate of drug-likeness (QED) is 0.290. The van der Waals surface area contributed by atoms with Crippen LogP contribution in [-0.4, -0.2) is 35.4 Å². The summed E-state index contributed by atoms with van der Waals surface area (Å²) in [7, 11) is 0. The van der Waals surface area contributed by atoms with Gasteiger partial charge in [-0.2, -0.15) is 0 Å². The van der Waals surface area contributed by atoms with Gasteiger partial charge in [0.05, 0.1) is 25.0 Å². The molecule has 0 spiro atoms. The lowest BCUT2D eigenvalue weighted by molar-refractivity contribution is -0.142. The summed E-state index contributed by atoms with van der Waals surface area (Å²) in [6.07, 6.45) is 2.87. The number of hydrogen-bond acceptors (Lipinski definition) is 6. The van der Waals surface area contributed by atoms with Crippen LogP contribution in [0.3, 0.4) is 0 Å². The van der Waals surface area contributed by atoms with Crippen LogP contribution in [0.4, 0.5) is 11.5 Å². The maximum absolute atomic E-state index is 12.2. The first-order valence-corrected chi connectivity index (χ1v) is 8.61. The number of nitrogens with one attached hydrogen (secondary N) is 1. The van der Waals surface area contributed by atoms with Crippen LogP contribution in [0.5, 0.6) is 0 Å². The van der Waals surface area contributed by atoms with Crippen molar-refractivity contribution < 1.29 is 9.53 Å². The molecule has 3 aromatic rings. The summed E-state index contributed by atoms with van der Waals surface area (Å²) < 4.78 is 5.34. The molecule has 27 heavy (non-hydrogen) atoms. The molecule has 0 aliphatic rings. The van der Waals surface area contributed by atoms with E-state index in [2.05, 4.69) is 20.3 Å². The third kappa shape index (κ3) is 4.58. The molecule has 7 heteroatoms. The van der Waals surface area contributed by atoms with Gasteiger partial charge >= 0.3 is 5.97 Å². The number of aliphatic imine (C=N–C) groups is 1. The van der Waals surface area contributed by atoms with E-state index in [0.29, 0.717) is 23.7 Å². The predicted octanol–water partition coefficient (Wildman–Crippen LogP) is 2.75. The molecular weight excluding hydrogens is 342 g/mol. The minimum atomic E-state index is -0.271. The van der Waals surface area contributed by atoms with Crippen LogP contribution in [0, 0.1) is 6.92 Å². The largest absolute Gasteiger partial charge is 0.464 e. The standard InChI is InChI=1S/C20H21N5O2/c1-14-19(23-12-21)20(25-13-24-14)22-9-10-27-18(26)11-16-7-4-6-15-5-2-3-8-17(15)16/h2-8,12-13H,9-11H2,1H3,(H2,21,23)(H,22,24,25).